The van der Waals surface area contributed by atoms with Crippen molar-refractivity contribution in [3.05, 3.63) is 72.1 Å². The first-order chi connectivity index (χ1) is 20.6. The number of hydrogen-bond donors (Lipinski definition) is 8. The minimum atomic E-state index is -1.16. The second-order valence-electron chi connectivity index (χ2n) is 11.1. The normalized spacial score (nSPS) is 14.3. The molecule has 11 nitrogen and oxygen atoms in total. The van der Waals surface area contributed by atoms with E-state index in [9.17, 15) is 24.3 Å². The Morgan fingerprint density at radius 3 is 1.65 bits per heavy atom. The van der Waals surface area contributed by atoms with E-state index in [0.717, 1.165) is 32.9 Å². The molecule has 12 heteroatoms. The average molecular weight is 607 g/mol. The summed E-state index contributed by atoms with van der Waals surface area (Å²) in [4.78, 5) is 58.5. The van der Waals surface area contributed by atoms with Crippen molar-refractivity contribution in [2.75, 3.05) is 5.75 Å². The molecule has 0 spiro atoms. The van der Waals surface area contributed by atoms with E-state index in [1.54, 1.807) is 12.4 Å². The van der Waals surface area contributed by atoms with E-state index in [1.807, 2.05) is 62.4 Å². The molecule has 43 heavy (non-hydrogen) atoms. The van der Waals surface area contributed by atoms with Gasteiger partial charge in [0.15, 0.2) is 0 Å². The molecule has 0 aliphatic carbocycles. The number of fused-ring (bicyclic) bond motifs is 2. The van der Waals surface area contributed by atoms with E-state index in [-0.39, 0.29) is 30.9 Å². The second-order valence-corrected chi connectivity index (χ2v) is 11.4. The number of aromatic nitrogens is 2. The van der Waals surface area contributed by atoms with Gasteiger partial charge in [-0.1, -0.05) is 50.2 Å². The fourth-order valence-corrected chi connectivity index (χ4v) is 5.22. The number of rotatable bonds is 14. The zero-order valence-electron chi connectivity index (χ0n) is 24.1. The van der Waals surface area contributed by atoms with Crippen molar-refractivity contribution in [1.82, 2.24) is 25.9 Å². The second kappa shape index (κ2) is 14.3. The summed E-state index contributed by atoms with van der Waals surface area (Å²) in [5, 5.41) is 19.6. The van der Waals surface area contributed by atoms with Crippen LogP contribution in [0.4, 0.5) is 0 Å². The highest BCUT2D eigenvalue weighted by molar-refractivity contribution is 7.80. The zero-order valence-corrected chi connectivity index (χ0v) is 25.0. The van der Waals surface area contributed by atoms with Gasteiger partial charge in [-0.05, 0) is 35.6 Å². The fourth-order valence-electron chi connectivity index (χ4n) is 5.06. The number of aromatic amines is 2. The smallest absolute Gasteiger partial charge is 0.326 e. The Balaban J connectivity index is 1.64. The monoisotopic (exact) mass is 606 g/mol. The van der Waals surface area contributed by atoms with Gasteiger partial charge in [0.25, 0.3) is 0 Å². The highest BCUT2D eigenvalue weighted by Crippen LogP contribution is 2.21. The standard InChI is InChI=1S/C31H38N6O5S/c1-17(2)11-27(31(41)42)37-30(40)26(13-19-15-34-24-10-6-4-8-21(19)24)36-29(39)25(35-28(38)22(32)16-43)12-18-14-33-23-9-5-3-7-20(18)23/h3-10,14-15,17,22,25-27,33-34,43H,11-13,16,32H2,1-2H3,(H,35,38)(H,36,39)(H,37,40)(H,41,42). The molecule has 8 N–H and O–H groups in total. The molecule has 2 aromatic carbocycles. The first-order valence-corrected chi connectivity index (χ1v) is 14.8. The van der Waals surface area contributed by atoms with Crippen LogP contribution in [-0.2, 0) is 32.0 Å². The van der Waals surface area contributed by atoms with Crippen molar-refractivity contribution in [2.45, 2.75) is 57.3 Å². The van der Waals surface area contributed by atoms with E-state index in [2.05, 4.69) is 38.5 Å². The Hall–Kier alpha value is -4.29. The lowest BCUT2D eigenvalue weighted by Gasteiger charge is -2.25. The summed E-state index contributed by atoms with van der Waals surface area (Å²) in [5.74, 6) is -2.89. The summed E-state index contributed by atoms with van der Waals surface area (Å²) in [6.45, 7) is 3.72. The molecule has 4 rings (SSSR count). The minimum absolute atomic E-state index is 0.00913. The average Bonchev–Trinajstić information content (AvgIpc) is 3.59. The van der Waals surface area contributed by atoms with Gasteiger partial charge < -0.3 is 36.8 Å². The minimum Gasteiger partial charge on any atom is -0.480 e. The topological polar surface area (TPSA) is 182 Å². The number of nitrogens with one attached hydrogen (secondary N) is 5. The van der Waals surface area contributed by atoms with Crippen LogP contribution in [-0.4, -0.2) is 68.7 Å². The van der Waals surface area contributed by atoms with Gasteiger partial charge in [-0.25, -0.2) is 4.79 Å². The van der Waals surface area contributed by atoms with Gasteiger partial charge in [-0.2, -0.15) is 12.6 Å². The van der Waals surface area contributed by atoms with Gasteiger partial charge in [0.1, 0.15) is 18.1 Å². The molecular weight excluding hydrogens is 568 g/mol. The Morgan fingerprint density at radius 2 is 1.21 bits per heavy atom. The van der Waals surface area contributed by atoms with E-state index < -0.39 is 47.9 Å². The van der Waals surface area contributed by atoms with Crippen LogP contribution >= 0.6 is 12.6 Å². The Morgan fingerprint density at radius 1 is 0.767 bits per heavy atom. The van der Waals surface area contributed by atoms with Crippen molar-refractivity contribution < 1.29 is 24.3 Å². The number of para-hydroxylation sites is 2. The van der Waals surface area contributed by atoms with Crippen LogP contribution in [0.5, 0.6) is 0 Å². The summed E-state index contributed by atoms with van der Waals surface area (Å²) in [6.07, 6.45) is 3.95. The third-order valence-electron chi connectivity index (χ3n) is 7.32. The molecule has 0 radical (unpaired) electrons. The first-order valence-electron chi connectivity index (χ1n) is 14.2. The lowest BCUT2D eigenvalue weighted by Crippen LogP contribution is -2.58. The summed E-state index contributed by atoms with van der Waals surface area (Å²) in [5.41, 5.74) is 9.18. The van der Waals surface area contributed by atoms with Gasteiger partial charge in [-0.3, -0.25) is 14.4 Å². The van der Waals surface area contributed by atoms with Crippen molar-refractivity contribution in [2.24, 2.45) is 11.7 Å². The van der Waals surface area contributed by atoms with Crippen molar-refractivity contribution in [3.63, 3.8) is 0 Å². The summed E-state index contributed by atoms with van der Waals surface area (Å²) < 4.78 is 0. The fraction of sp³-hybridized carbons (Fsp3) is 0.355. The third kappa shape index (κ3) is 7.96. The van der Waals surface area contributed by atoms with Crippen LogP contribution in [0.15, 0.2) is 60.9 Å². The number of amides is 3. The third-order valence-corrected chi connectivity index (χ3v) is 7.71. The summed E-state index contributed by atoms with van der Waals surface area (Å²) in [6, 6.07) is 10.8. The quantitative estimate of drug-likeness (QED) is 0.102. The lowest BCUT2D eigenvalue weighted by molar-refractivity contribution is -0.142. The highest BCUT2D eigenvalue weighted by Gasteiger charge is 2.31. The molecule has 2 heterocycles. The number of carboxylic acid groups (broad SMARTS) is 1. The lowest BCUT2D eigenvalue weighted by atomic mass is 10.00. The zero-order chi connectivity index (χ0) is 31.1. The Labute approximate surface area is 254 Å². The van der Waals surface area contributed by atoms with Crippen molar-refractivity contribution in [1.29, 1.82) is 0 Å². The molecule has 4 aromatic rings. The number of hydrogen-bond acceptors (Lipinski definition) is 6. The van der Waals surface area contributed by atoms with Crippen molar-refractivity contribution >= 4 is 58.1 Å². The number of thiol groups is 1. The largest absolute Gasteiger partial charge is 0.480 e. The predicted octanol–water partition coefficient (Wildman–Crippen LogP) is 2.28. The molecule has 0 saturated heterocycles. The van der Waals surface area contributed by atoms with E-state index in [0.29, 0.717) is 0 Å². The predicted molar refractivity (Wildman–Crippen MR) is 169 cm³/mol. The first kappa shape index (κ1) is 31.6. The van der Waals surface area contributed by atoms with Crippen molar-refractivity contribution in [3.8, 4) is 0 Å². The van der Waals surface area contributed by atoms with Crippen LogP contribution in [0, 0.1) is 5.92 Å². The Kier molecular flexibility index (Phi) is 10.5. The van der Waals surface area contributed by atoms with Gasteiger partial charge in [0.05, 0.1) is 6.04 Å². The molecule has 0 aliphatic heterocycles. The maximum Gasteiger partial charge on any atom is 0.326 e. The molecule has 4 unspecified atom stereocenters. The van der Waals surface area contributed by atoms with Crippen LogP contribution in [0.1, 0.15) is 31.4 Å². The molecule has 228 valence electrons. The number of carboxylic acids is 1. The number of carbonyl (C=O) groups is 4. The van der Waals surface area contributed by atoms with Gasteiger partial charge in [-0.15, -0.1) is 0 Å². The number of carbonyl (C=O) groups excluding carboxylic acids is 3. The summed E-state index contributed by atoms with van der Waals surface area (Å²) in [7, 11) is 0. The molecule has 2 aromatic heterocycles. The van der Waals surface area contributed by atoms with Crippen LogP contribution in [0.25, 0.3) is 21.8 Å². The molecule has 3 amide bonds. The molecule has 0 bridgehead atoms. The molecule has 4 atom stereocenters. The maximum atomic E-state index is 13.9. The van der Waals surface area contributed by atoms with Gasteiger partial charge >= 0.3 is 5.97 Å². The van der Waals surface area contributed by atoms with Crippen LogP contribution < -0.4 is 21.7 Å². The molecule has 0 fully saturated rings. The number of nitrogens with two attached hydrogens (primary N) is 1. The van der Waals surface area contributed by atoms with E-state index >= 15 is 0 Å². The van der Waals surface area contributed by atoms with Gasteiger partial charge in [0, 0.05) is 52.8 Å². The number of H-pyrrole nitrogens is 2. The summed E-state index contributed by atoms with van der Waals surface area (Å²) >= 11 is 4.10. The molecule has 0 aliphatic rings. The van der Waals surface area contributed by atoms with Crippen LogP contribution in [0.3, 0.4) is 0 Å². The molecular formula is C31H38N6O5S. The maximum absolute atomic E-state index is 13.9. The van der Waals surface area contributed by atoms with E-state index in [1.165, 1.54) is 0 Å². The van der Waals surface area contributed by atoms with Crippen LogP contribution in [0.2, 0.25) is 0 Å². The number of aliphatic carboxylic acids is 1. The molecule has 0 saturated carbocycles. The Bertz CT molecular complexity index is 1600. The van der Waals surface area contributed by atoms with E-state index in [4.69, 9.17) is 5.73 Å². The number of benzene rings is 2. The highest BCUT2D eigenvalue weighted by atomic mass is 32.1. The van der Waals surface area contributed by atoms with Gasteiger partial charge in [0.2, 0.25) is 17.7 Å². The SMILES string of the molecule is CC(C)CC(NC(=O)C(Cc1c[nH]c2ccccc12)NC(=O)C(Cc1c[nH]c2ccccc12)NC(=O)C(N)CS)C(=O)O.